The maximum atomic E-state index is 11.2. The Bertz CT molecular complexity index is 686. The van der Waals surface area contributed by atoms with E-state index >= 15 is 0 Å². The van der Waals surface area contributed by atoms with Gasteiger partial charge < -0.3 is 14.9 Å². The number of aromatic hydroxyl groups is 1. The monoisotopic (exact) mass is 370 g/mol. The van der Waals surface area contributed by atoms with Crippen LogP contribution in [0.25, 0.3) is 0 Å². The van der Waals surface area contributed by atoms with E-state index in [1.54, 1.807) is 6.92 Å². The highest BCUT2D eigenvalue weighted by Crippen LogP contribution is 2.44. The third kappa shape index (κ3) is 3.14. The van der Waals surface area contributed by atoms with Crippen LogP contribution < -0.4 is 4.74 Å². The second-order valence-corrected chi connectivity index (χ2v) is 5.56. The zero-order chi connectivity index (χ0) is 15.6. The fourth-order valence-corrected chi connectivity index (χ4v) is 2.71. The molecule has 0 heterocycles. The highest BCUT2D eigenvalue weighted by molar-refractivity contribution is 9.10. The van der Waals surface area contributed by atoms with E-state index in [-0.39, 0.29) is 22.9 Å². The number of carboxylic acid groups (broad SMARTS) is 1. The highest BCUT2D eigenvalue weighted by Gasteiger charge is 2.25. The Hall–Kier alpha value is -1.72. The molecule has 0 aliphatic carbocycles. The van der Waals surface area contributed by atoms with Crippen molar-refractivity contribution in [2.45, 2.75) is 13.5 Å². The van der Waals surface area contributed by atoms with Gasteiger partial charge >= 0.3 is 5.97 Å². The molecule has 0 aliphatic rings. The Morgan fingerprint density at radius 1 is 1.33 bits per heavy atom. The van der Waals surface area contributed by atoms with Gasteiger partial charge in [-0.25, -0.2) is 4.79 Å². The van der Waals surface area contributed by atoms with E-state index < -0.39 is 11.7 Å². The van der Waals surface area contributed by atoms with E-state index in [0.717, 1.165) is 5.56 Å². The minimum Gasteiger partial charge on any atom is -0.504 e. The molecule has 4 nitrogen and oxygen atoms in total. The van der Waals surface area contributed by atoms with Crippen LogP contribution in [0, 0.1) is 6.92 Å². The Balaban J connectivity index is 2.41. The van der Waals surface area contributed by atoms with Crippen LogP contribution in [0.1, 0.15) is 21.5 Å². The van der Waals surface area contributed by atoms with Crippen molar-refractivity contribution in [2.75, 3.05) is 0 Å². The van der Waals surface area contributed by atoms with Crippen molar-refractivity contribution in [3.05, 3.63) is 56.5 Å². The Labute approximate surface area is 135 Å². The number of carbonyl (C=O) groups is 1. The summed E-state index contributed by atoms with van der Waals surface area (Å²) in [5.41, 5.74) is 1.03. The van der Waals surface area contributed by atoms with Gasteiger partial charge in [0.25, 0.3) is 0 Å². The lowest BCUT2D eigenvalue weighted by Gasteiger charge is -2.15. The van der Waals surface area contributed by atoms with Crippen molar-refractivity contribution in [1.82, 2.24) is 0 Å². The fourth-order valence-electron chi connectivity index (χ4n) is 1.83. The predicted octanol–water partition coefficient (Wildman–Crippen LogP) is 4.39. The largest absolute Gasteiger partial charge is 0.504 e. The first-order valence-electron chi connectivity index (χ1n) is 6.04. The Morgan fingerprint density at radius 2 is 1.95 bits per heavy atom. The molecular weight excluding hydrogens is 360 g/mol. The summed E-state index contributed by atoms with van der Waals surface area (Å²) in [6.07, 6.45) is 0. The summed E-state index contributed by atoms with van der Waals surface area (Å²) in [5.74, 6) is -1.73. The van der Waals surface area contributed by atoms with Crippen molar-refractivity contribution in [1.29, 1.82) is 0 Å². The molecular formula is C15H12BrClO4. The zero-order valence-corrected chi connectivity index (χ0v) is 13.4. The second kappa shape index (κ2) is 6.37. The molecule has 2 aromatic carbocycles. The normalized spacial score (nSPS) is 10.4. The maximum Gasteiger partial charge on any atom is 0.341 e. The molecule has 0 unspecified atom stereocenters. The molecule has 0 aromatic heterocycles. The van der Waals surface area contributed by atoms with Gasteiger partial charge in [0.05, 0.1) is 9.50 Å². The van der Waals surface area contributed by atoms with Crippen molar-refractivity contribution in [3.8, 4) is 11.5 Å². The summed E-state index contributed by atoms with van der Waals surface area (Å²) in [7, 11) is 0. The number of aromatic carboxylic acids is 1. The molecule has 21 heavy (non-hydrogen) atoms. The van der Waals surface area contributed by atoms with Crippen molar-refractivity contribution < 1.29 is 19.7 Å². The lowest BCUT2D eigenvalue weighted by atomic mass is 10.1. The molecule has 0 fully saturated rings. The van der Waals surface area contributed by atoms with E-state index in [1.165, 1.54) is 0 Å². The average Bonchev–Trinajstić information content (AvgIpc) is 2.46. The van der Waals surface area contributed by atoms with E-state index in [0.29, 0.717) is 10.0 Å². The van der Waals surface area contributed by atoms with Crippen LogP contribution in [0.15, 0.2) is 34.8 Å². The fraction of sp³-hybridized carbons (Fsp3) is 0.133. The predicted molar refractivity (Wildman–Crippen MR) is 83.3 cm³/mol. The number of phenols is 1. The van der Waals surface area contributed by atoms with Crippen LogP contribution in [-0.2, 0) is 6.61 Å². The molecule has 0 atom stereocenters. The number of rotatable bonds is 4. The third-order valence-electron chi connectivity index (χ3n) is 2.97. The third-order valence-corrected chi connectivity index (χ3v) is 4.40. The molecule has 2 N–H and O–H groups in total. The number of ether oxygens (including phenoxy) is 1. The molecule has 0 saturated carbocycles. The van der Waals surface area contributed by atoms with E-state index in [4.69, 9.17) is 21.4 Å². The van der Waals surface area contributed by atoms with Crippen molar-refractivity contribution >= 4 is 33.5 Å². The lowest BCUT2D eigenvalue weighted by Crippen LogP contribution is -2.04. The molecule has 0 bridgehead atoms. The molecule has 0 saturated heterocycles. The van der Waals surface area contributed by atoms with Gasteiger partial charge in [0, 0.05) is 0 Å². The first-order chi connectivity index (χ1) is 9.93. The zero-order valence-electron chi connectivity index (χ0n) is 11.1. The van der Waals surface area contributed by atoms with Crippen LogP contribution >= 0.6 is 27.5 Å². The van der Waals surface area contributed by atoms with E-state index in [2.05, 4.69) is 15.9 Å². The van der Waals surface area contributed by atoms with Crippen molar-refractivity contribution in [2.24, 2.45) is 0 Å². The number of halogens is 2. The number of carboxylic acids is 1. The summed E-state index contributed by atoms with van der Waals surface area (Å²) >= 11 is 9.24. The smallest absolute Gasteiger partial charge is 0.341 e. The summed E-state index contributed by atoms with van der Waals surface area (Å²) in [6.45, 7) is 1.85. The number of hydrogen-bond donors (Lipinski definition) is 2. The summed E-state index contributed by atoms with van der Waals surface area (Å²) < 4.78 is 6.00. The lowest BCUT2D eigenvalue weighted by molar-refractivity contribution is 0.0692. The standard InChI is InChI=1S/C15H12BrClO4/c1-8-11(16)14(13(18)10(12(8)17)15(19)20)21-7-9-5-3-2-4-6-9/h2-6,18H,7H2,1H3,(H,19,20). The van der Waals surface area contributed by atoms with Gasteiger partial charge in [-0.3, -0.25) is 0 Å². The second-order valence-electron chi connectivity index (χ2n) is 4.39. The number of hydrogen-bond acceptors (Lipinski definition) is 3. The SMILES string of the molecule is Cc1c(Cl)c(C(=O)O)c(O)c(OCc2ccccc2)c1Br. The van der Waals surface area contributed by atoms with Crippen LogP contribution in [0.4, 0.5) is 0 Å². The Kier molecular flexibility index (Phi) is 4.75. The minimum atomic E-state index is -1.31. The maximum absolute atomic E-state index is 11.2. The highest BCUT2D eigenvalue weighted by atomic mass is 79.9. The Morgan fingerprint density at radius 3 is 2.52 bits per heavy atom. The van der Waals surface area contributed by atoms with Gasteiger partial charge in [0.1, 0.15) is 12.2 Å². The van der Waals surface area contributed by atoms with Gasteiger partial charge in [0.15, 0.2) is 11.5 Å². The van der Waals surface area contributed by atoms with Gasteiger partial charge in [-0.15, -0.1) is 0 Å². The van der Waals surface area contributed by atoms with Crippen LogP contribution in [0.5, 0.6) is 11.5 Å². The summed E-state index contributed by atoms with van der Waals surface area (Å²) in [6, 6.07) is 9.34. The van der Waals surface area contributed by atoms with E-state index in [9.17, 15) is 9.90 Å². The quantitative estimate of drug-likeness (QED) is 0.836. The molecule has 6 heteroatoms. The first-order valence-corrected chi connectivity index (χ1v) is 7.21. The van der Waals surface area contributed by atoms with Crippen molar-refractivity contribution in [3.63, 3.8) is 0 Å². The average molecular weight is 372 g/mol. The molecule has 110 valence electrons. The van der Waals surface area contributed by atoms with Crippen LogP contribution in [0.2, 0.25) is 5.02 Å². The van der Waals surface area contributed by atoms with Gasteiger partial charge in [-0.05, 0) is 34.0 Å². The molecule has 0 radical (unpaired) electrons. The molecule has 0 aliphatic heterocycles. The summed E-state index contributed by atoms with van der Waals surface area (Å²) in [4.78, 5) is 11.2. The minimum absolute atomic E-state index is 0.0149. The summed E-state index contributed by atoms with van der Waals surface area (Å²) in [5, 5.41) is 19.2. The molecule has 2 aromatic rings. The van der Waals surface area contributed by atoms with Gasteiger partial charge in [0.2, 0.25) is 0 Å². The van der Waals surface area contributed by atoms with Crippen LogP contribution in [-0.4, -0.2) is 16.2 Å². The molecule has 0 spiro atoms. The van der Waals surface area contributed by atoms with E-state index in [1.807, 2.05) is 30.3 Å². The number of benzene rings is 2. The topological polar surface area (TPSA) is 66.8 Å². The van der Waals surface area contributed by atoms with Gasteiger partial charge in [-0.2, -0.15) is 0 Å². The van der Waals surface area contributed by atoms with Crippen LogP contribution in [0.3, 0.4) is 0 Å². The first kappa shape index (κ1) is 15.7. The molecule has 2 rings (SSSR count). The molecule has 0 amide bonds. The van der Waals surface area contributed by atoms with Gasteiger partial charge in [-0.1, -0.05) is 41.9 Å².